The molecule has 1 aromatic carbocycles. The van der Waals surface area contributed by atoms with E-state index in [-0.39, 0.29) is 35.7 Å². The van der Waals surface area contributed by atoms with E-state index in [9.17, 15) is 18.8 Å². The van der Waals surface area contributed by atoms with Crippen molar-refractivity contribution in [2.24, 2.45) is 4.99 Å². The number of amides is 2. The minimum atomic E-state index is -0.501. The van der Waals surface area contributed by atoms with Gasteiger partial charge in [0, 0.05) is 37.1 Å². The summed E-state index contributed by atoms with van der Waals surface area (Å²) in [6.45, 7) is 7.27. The molecule has 0 bridgehead atoms. The Bertz CT molecular complexity index is 1070. The molecule has 2 aromatic rings. The summed E-state index contributed by atoms with van der Waals surface area (Å²) in [7, 11) is 0. The van der Waals surface area contributed by atoms with Gasteiger partial charge in [-0.05, 0) is 48.7 Å². The Balaban J connectivity index is 2.00. The van der Waals surface area contributed by atoms with Gasteiger partial charge in [0.2, 0.25) is 5.56 Å². The molecule has 7 nitrogen and oxygen atoms in total. The quantitative estimate of drug-likeness (QED) is 0.353. The third-order valence-corrected chi connectivity index (χ3v) is 4.07. The van der Waals surface area contributed by atoms with Gasteiger partial charge in [0.1, 0.15) is 11.5 Å². The first-order chi connectivity index (χ1) is 14.3. The molecule has 0 aliphatic rings. The lowest BCUT2D eigenvalue weighted by Gasteiger charge is -2.08. The second-order valence-corrected chi connectivity index (χ2v) is 6.45. The van der Waals surface area contributed by atoms with Gasteiger partial charge in [0.05, 0.1) is 0 Å². The van der Waals surface area contributed by atoms with Crippen LogP contribution < -0.4 is 16.2 Å². The highest BCUT2D eigenvalue weighted by Crippen LogP contribution is 2.10. The molecule has 0 spiro atoms. The Morgan fingerprint density at radius 2 is 1.80 bits per heavy atom. The Hall–Kier alpha value is -3.81. The Labute approximate surface area is 173 Å². The molecule has 3 N–H and O–H groups in total. The maximum atomic E-state index is 13.4. The fourth-order valence-corrected chi connectivity index (χ4v) is 2.52. The number of carbonyl (C=O) groups is 2. The van der Waals surface area contributed by atoms with Crippen molar-refractivity contribution in [3.8, 4) is 0 Å². The summed E-state index contributed by atoms with van der Waals surface area (Å²) in [4.78, 5) is 42.5. The number of benzene rings is 1. The van der Waals surface area contributed by atoms with E-state index in [1.807, 2.05) is 0 Å². The predicted molar refractivity (Wildman–Crippen MR) is 113 cm³/mol. The number of H-pyrrole nitrogens is 1. The summed E-state index contributed by atoms with van der Waals surface area (Å²) in [5, 5.41) is 5.31. The smallest absolute Gasteiger partial charge is 0.270 e. The topological polar surface area (TPSA) is 103 Å². The zero-order chi connectivity index (χ0) is 22.1. The standard InChI is InChI=1S/C22H23FN4O3/c1-4-24-19(22(30)27-12-16-5-6-18(23)14(2)9-16)10-15(3)21(29)26-13-17-7-8-25-20(28)11-17/h4-11H,3,12-13H2,1-2H3,(H,25,28)(H,26,29)(H,27,30)/b19-10-,24-4?. The number of hydrogen-bond acceptors (Lipinski definition) is 4. The molecule has 0 unspecified atom stereocenters. The molecule has 0 fully saturated rings. The number of aliphatic imine (C=N–C) groups is 1. The first kappa shape index (κ1) is 22.5. The number of carbonyl (C=O) groups excluding carboxylic acids is 2. The summed E-state index contributed by atoms with van der Waals surface area (Å²) in [6.07, 6.45) is 4.19. The van der Waals surface area contributed by atoms with Crippen LogP contribution in [0.3, 0.4) is 0 Å². The first-order valence-electron chi connectivity index (χ1n) is 9.18. The van der Waals surface area contributed by atoms with Crippen molar-refractivity contribution in [2.75, 3.05) is 0 Å². The molecular formula is C22H23FN4O3. The summed E-state index contributed by atoms with van der Waals surface area (Å²) in [5.74, 6) is -1.32. The molecule has 0 atom stereocenters. The van der Waals surface area contributed by atoms with Gasteiger partial charge in [-0.3, -0.25) is 19.4 Å². The van der Waals surface area contributed by atoms with E-state index < -0.39 is 11.8 Å². The van der Waals surface area contributed by atoms with Crippen LogP contribution in [0.2, 0.25) is 0 Å². The van der Waals surface area contributed by atoms with Gasteiger partial charge >= 0.3 is 0 Å². The van der Waals surface area contributed by atoms with Crippen LogP contribution in [0.5, 0.6) is 0 Å². The molecule has 0 aliphatic carbocycles. The number of nitrogens with zero attached hydrogens (tertiary/aromatic N) is 1. The molecule has 0 aliphatic heterocycles. The number of aromatic amines is 1. The molecule has 1 heterocycles. The van der Waals surface area contributed by atoms with E-state index in [1.54, 1.807) is 32.0 Å². The summed E-state index contributed by atoms with van der Waals surface area (Å²) in [5.41, 5.74) is 1.61. The van der Waals surface area contributed by atoms with Crippen molar-refractivity contribution in [2.45, 2.75) is 26.9 Å². The molecule has 0 radical (unpaired) electrons. The van der Waals surface area contributed by atoms with E-state index in [0.29, 0.717) is 11.1 Å². The molecule has 0 saturated carbocycles. The summed E-state index contributed by atoms with van der Waals surface area (Å²) < 4.78 is 13.4. The number of aryl methyl sites for hydroxylation is 1. The van der Waals surface area contributed by atoms with Crippen LogP contribution in [-0.4, -0.2) is 23.0 Å². The third kappa shape index (κ3) is 6.66. The van der Waals surface area contributed by atoms with E-state index in [1.165, 1.54) is 30.6 Å². The van der Waals surface area contributed by atoms with Crippen molar-refractivity contribution in [3.05, 3.63) is 93.3 Å². The van der Waals surface area contributed by atoms with Crippen LogP contribution >= 0.6 is 0 Å². The van der Waals surface area contributed by atoms with Gasteiger partial charge in [0.25, 0.3) is 11.8 Å². The Morgan fingerprint density at radius 1 is 1.13 bits per heavy atom. The lowest BCUT2D eigenvalue weighted by Crippen LogP contribution is -2.26. The van der Waals surface area contributed by atoms with Crippen molar-refractivity contribution in [3.63, 3.8) is 0 Å². The van der Waals surface area contributed by atoms with Crippen molar-refractivity contribution >= 4 is 18.0 Å². The zero-order valence-corrected chi connectivity index (χ0v) is 16.8. The van der Waals surface area contributed by atoms with Crippen LogP contribution in [0, 0.1) is 12.7 Å². The van der Waals surface area contributed by atoms with Crippen LogP contribution in [0.15, 0.2) is 70.2 Å². The average molecular weight is 410 g/mol. The minimum Gasteiger partial charge on any atom is -0.348 e. The number of rotatable bonds is 8. The van der Waals surface area contributed by atoms with E-state index in [4.69, 9.17) is 0 Å². The fourth-order valence-electron chi connectivity index (χ4n) is 2.52. The van der Waals surface area contributed by atoms with E-state index in [0.717, 1.165) is 5.56 Å². The Kier molecular flexibility index (Phi) is 7.99. The SMILES string of the molecule is C=C(/C=C(\N=CC)C(=O)NCc1ccc(F)c(C)c1)C(=O)NCc1cc[nH]c(=O)c1. The van der Waals surface area contributed by atoms with E-state index >= 15 is 0 Å². The molecule has 8 heteroatoms. The molecule has 30 heavy (non-hydrogen) atoms. The second kappa shape index (κ2) is 10.7. The first-order valence-corrected chi connectivity index (χ1v) is 9.18. The minimum absolute atomic E-state index is 0.00707. The number of nitrogens with one attached hydrogen (secondary N) is 3. The van der Waals surface area contributed by atoms with Crippen LogP contribution in [0.25, 0.3) is 0 Å². The highest BCUT2D eigenvalue weighted by molar-refractivity contribution is 6.00. The lowest BCUT2D eigenvalue weighted by atomic mass is 10.1. The van der Waals surface area contributed by atoms with Crippen molar-refractivity contribution in [1.82, 2.24) is 15.6 Å². The second-order valence-electron chi connectivity index (χ2n) is 6.45. The number of halogens is 1. The zero-order valence-electron chi connectivity index (χ0n) is 16.8. The molecule has 1 aromatic heterocycles. The van der Waals surface area contributed by atoms with Crippen LogP contribution in [-0.2, 0) is 22.7 Å². The average Bonchev–Trinajstić information content (AvgIpc) is 2.72. The predicted octanol–water partition coefficient (Wildman–Crippen LogP) is 2.29. The summed E-state index contributed by atoms with van der Waals surface area (Å²) in [6, 6.07) is 7.60. The van der Waals surface area contributed by atoms with Gasteiger partial charge in [0.15, 0.2) is 0 Å². The highest BCUT2D eigenvalue weighted by atomic mass is 19.1. The fraction of sp³-hybridized carbons (Fsp3) is 0.182. The molecule has 0 saturated heterocycles. The van der Waals surface area contributed by atoms with Crippen LogP contribution in [0.4, 0.5) is 4.39 Å². The van der Waals surface area contributed by atoms with Crippen molar-refractivity contribution < 1.29 is 14.0 Å². The normalized spacial score (nSPS) is 11.4. The van der Waals surface area contributed by atoms with E-state index in [2.05, 4.69) is 27.2 Å². The molecule has 2 rings (SSSR count). The summed E-state index contributed by atoms with van der Waals surface area (Å²) >= 11 is 0. The molecular weight excluding hydrogens is 387 g/mol. The monoisotopic (exact) mass is 410 g/mol. The van der Waals surface area contributed by atoms with Gasteiger partial charge in [-0.15, -0.1) is 0 Å². The number of aromatic nitrogens is 1. The third-order valence-electron chi connectivity index (χ3n) is 4.07. The maximum absolute atomic E-state index is 13.4. The molecule has 2 amide bonds. The van der Waals surface area contributed by atoms with Gasteiger partial charge < -0.3 is 15.6 Å². The van der Waals surface area contributed by atoms with Crippen molar-refractivity contribution in [1.29, 1.82) is 0 Å². The van der Waals surface area contributed by atoms with Crippen LogP contribution in [0.1, 0.15) is 23.6 Å². The van der Waals surface area contributed by atoms with Gasteiger partial charge in [-0.1, -0.05) is 18.7 Å². The molecule has 156 valence electrons. The van der Waals surface area contributed by atoms with Gasteiger partial charge in [-0.25, -0.2) is 4.39 Å². The Morgan fingerprint density at radius 3 is 2.43 bits per heavy atom. The number of hydrogen-bond donors (Lipinski definition) is 3. The highest BCUT2D eigenvalue weighted by Gasteiger charge is 2.12. The maximum Gasteiger partial charge on any atom is 0.270 e. The van der Waals surface area contributed by atoms with Gasteiger partial charge in [-0.2, -0.15) is 0 Å². The number of pyridine rings is 1. The lowest BCUT2D eigenvalue weighted by molar-refractivity contribution is -0.117. The largest absolute Gasteiger partial charge is 0.348 e.